The molecule has 0 aliphatic carbocycles. The number of nitrogens with zero attached hydrogens (tertiary/aromatic N) is 1. The highest BCUT2D eigenvalue weighted by Gasteiger charge is 2.17. The summed E-state index contributed by atoms with van der Waals surface area (Å²) in [7, 11) is -3.16. The summed E-state index contributed by atoms with van der Waals surface area (Å²) in [5.41, 5.74) is 0. The molecular formula is C11H12ClNO2S2. The zero-order valence-corrected chi connectivity index (χ0v) is 11.7. The summed E-state index contributed by atoms with van der Waals surface area (Å²) in [4.78, 5) is 4.78. The van der Waals surface area contributed by atoms with Crippen molar-refractivity contribution in [1.82, 2.24) is 4.98 Å². The van der Waals surface area contributed by atoms with Crippen LogP contribution >= 0.6 is 22.9 Å². The predicted octanol–water partition coefficient (Wildman–Crippen LogP) is 3.52. The Morgan fingerprint density at radius 2 is 2.18 bits per heavy atom. The SMILES string of the molecule is CCCCS(=O)(=O)c1cc2ccc(Cl)nc2s1. The molecule has 2 aromatic rings. The van der Waals surface area contributed by atoms with E-state index in [0.29, 0.717) is 20.6 Å². The number of unbranched alkanes of at least 4 members (excludes halogenated alkanes) is 1. The third-order valence-electron chi connectivity index (χ3n) is 2.40. The van der Waals surface area contributed by atoms with E-state index in [9.17, 15) is 8.42 Å². The lowest BCUT2D eigenvalue weighted by Gasteiger charge is -1.98. The average Bonchev–Trinajstić information content (AvgIpc) is 2.70. The van der Waals surface area contributed by atoms with Crippen LogP contribution in [0.3, 0.4) is 0 Å². The molecule has 92 valence electrons. The molecule has 0 saturated heterocycles. The number of pyridine rings is 1. The summed E-state index contributed by atoms with van der Waals surface area (Å²) < 4.78 is 24.4. The molecule has 0 N–H and O–H groups in total. The van der Waals surface area contributed by atoms with Gasteiger partial charge in [-0.2, -0.15) is 0 Å². The molecule has 2 aromatic heterocycles. The van der Waals surface area contributed by atoms with Crippen molar-refractivity contribution in [2.24, 2.45) is 0 Å². The van der Waals surface area contributed by atoms with E-state index in [1.165, 1.54) is 11.3 Å². The standard InChI is InChI=1S/C11H12ClNO2S2/c1-2-3-6-17(14,15)10-7-8-4-5-9(12)13-11(8)16-10/h4-5,7H,2-3,6H2,1H3. The van der Waals surface area contributed by atoms with E-state index in [1.54, 1.807) is 18.2 Å². The van der Waals surface area contributed by atoms with Crippen LogP contribution in [0.2, 0.25) is 5.15 Å². The first kappa shape index (κ1) is 12.8. The van der Waals surface area contributed by atoms with E-state index in [4.69, 9.17) is 11.6 Å². The molecule has 0 aliphatic rings. The maximum absolute atomic E-state index is 12.0. The summed E-state index contributed by atoms with van der Waals surface area (Å²) >= 11 is 6.96. The highest BCUT2D eigenvalue weighted by atomic mass is 35.5. The number of hydrogen-bond donors (Lipinski definition) is 0. The van der Waals surface area contributed by atoms with Gasteiger partial charge >= 0.3 is 0 Å². The Bertz CT molecular complexity index is 634. The van der Waals surface area contributed by atoms with Crippen molar-refractivity contribution in [3.63, 3.8) is 0 Å². The Morgan fingerprint density at radius 3 is 2.88 bits per heavy atom. The van der Waals surface area contributed by atoms with Crippen molar-refractivity contribution >= 4 is 43.0 Å². The fraction of sp³-hybridized carbons (Fsp3) is 0.364. The summed E-state index contributed by atoms with van der Waals surface area (Å²) in [6.45, 7) is 1.97. The lowest BCUT2D eigenvalue weighted by atomic mass is 10.3. The van der Waals surface area contributed by atoms with E-state index in [2.05, 4.69) is 4.98 Å². The lowest BCUT2D eigenvalue weighted by Crippen LogP contribution is -2.04. The van der Waals surface area contributed by atoms with Gasteiger partial charge in [-0.15, -0.1) is 11.3 Å². The normalized spacial score (nSPS) is 12.1. The Morgan fingerprint density at radius 1 is 1.41 bits per heavy atom. The molecule has 0 unspecified atom stereocenters. The van der Waals surface area contributed by atoms with Gasteiger partial charge in [0.15, 0.2) is 9.84 Å². The van der Waals surface area contributed by atoms with Crippen LogP contribution in [0.5, 0.6) is 0 Å². The van der Waals surface area contributed by atoms with Gasteiger partial charge in [-0.1, -0.05) is 24.9 Å². The topological polar surface area (TPSA) is 47.0 Å². The third kappa shape index (κ3) is 2.78. The second kappa shape index (κ2) is 4.92. The van der Waals surface area contributed by atoms with Gasteiger partial charge < -0.3 is 0 Å². The summed E-state index contributed by atoms with van der Waals surface area (Å²) in [6, 6.07) is 5.13. The van der Waals surface area contributed by atoms with Crippen LogP contribution < -0.4 is 0 Å². The lowest BCUT2D eigenvalue weighted by molar-refractivity contribution is 0.595. The Hall–Kier alpha value is -0.650. The minimum atomic E-state index is -3.16. The van der Waals surface area contributed by atoms with E-state index < -0.39 is 9.84 Å². The van der Waals surface area contributed by atoms with Gasteiger partial charge in [0.05, 0.1) is 5.75 Å². The molecule has 0 fully saturated rings. The van der Waals surface area contributed by atoms with Crippen molar-refractivity contribution in [2.75, 3.05) is 5.75 Å². The number of hydrogen-bond acceptors (Lipinski definition) is 4. The highest BCUT2D eigenvalue weighted by Crippen LogP contribution is 2.29. The van der Waals surface area contributed by atoms with Gasteiger partial charge in [0.2, 0.25) is 0 Å². The minimum Gasteiger partial charge on any atom is -0.225 e. The van der Waals surface area contributed by atoms with Crippen molar-refractivity contribution in [2.45, 2.75) is 24.0 Å². The first-order valence-corrected chi connectivity index (χ1v) is 8.16. The van der Waals surface area contributed by atoms with Crippen LogP contribution in [0.1, 0.15) is 19.8 Å². The smallest absolute Gasteiger partial charge is 0.187 e. The molecule has 0 aliphatic heterocycles. The molecule has 0 amide bonds. The van der Waals surface area contributed by atoms with Crippen LogP contribution in [0.15, 0.2) is 22.4 Å². The van der Waals surface area contributed by atoms with Gasteiger partial charge in [0.25, 0.3) is 0 Å². The second-order valence-electron chi connectivity index (χ2n) is 3.77. The monoisotopic (exact) mass is 289 g/mol. The van der Waals surface area contributed by atoms with E-state index >= 15 is 0 Å². The van der Waals surface area contributed by atoms with Gasteiger partial charge in [0.1, 0.15) is 14.2 Å². The molecule has 2 rings (SSSR count). The average molecular weight is 290 g/mol. The molecule has 0 aromatic carbocycles. The van der Waals surface area contributed by atoms with Crippen LogP contribution in [0.4, 0.5) is 0 Å². The van der Waals surface area contributed by atoms with Gasteiger partial charge in [0, 0.05) is 5.39 Å². The molecule has 0 atom stereocenters. The fourth-order valence-corrected chi connectivity index (χ4v) is 4.59. The number of fused-ring (bicyclic) bond motifs is 1. The molecule has 6 heteroatoms. The Labute approximate surface area is 109 Å². The second-order valence-corrected chi connectivity index (χ2v) is 7.52. The maximum Gasteiger partial charge on any atom is 0.187 e. The van der Waals surface area contributed by atoms with Gasteiger partial charge in [-0.05, 0) is 24.6 Å². The van der Waals surface area contributed by atoms with Crippen LogP contribution in [-0.2, 0) is 9.84 Å². The highest BCUT2D eigenvalue weighted by molar-refractivity contribution is 7.93. The van der Waals surface area contributed by atoms with E-state index in [0.717, 1.165) is 11.8 Å². The molecule has 0 radical (unpaired) electrons. The summed E-state index contributed by atoms with van der Waals surface area (Å²) in [5.74, 6) is 0.198. The summed E-state index contributed by atoms with van der Waals surface area (Å²) in [5, 5.41) is 1.21. The number of aromatic nitrogens is 1. The molecule has 17 heavy (non-hydrogen) atoms. The van der Waals surface area contributed by atoms with Crippen molar-refractivity contribution in [3.05, 3.63) is 23.4 Å². The molecular weight excluding hydrogens is 278 g/mol. The summed E-state index contributed by atoms with van der Waals surface area (Å²) in [6.07, 6.45) is 1.55. The molecule has 3 nitrogen and oxygen atoms in total. The van der Waals surface area contributed by atoms with E-state index in [1.807, 2.05) is 6.92 Å². The number of sulfone groups is 1. The largest absolute Gasteiger partial charge is 0.225 e. The van der Waals surface area contributed by atoms with Crippen molar-refractivity contribution < 1.29 is 8.42 Å². The first-order valence-electron chi connectivity index (χ1n) is 5.32. The zero-order valence-electron chi connectivity index (χ0n) is 9.31. The minimum absolute atomic E-state index is 0.198. The maximum atomic E-state index is 12.0. The van der Waals surface area contributed by atoms with Gasteiger partial charge in [-0.3, -0.25) is 0 Å². The van der Waals surface area contributed by atoms with Gasteiger partial charge in [-0.25, -0.2) is 13.4 Å². The molecule has 0 spiro atoms. The van der Waals surface area contributed by atoms with Crippen molar-refractivity contribution in [1.29, 1.82) is 0 Å². The Kier molecular flexibility index (Phi) is 3.70. The molecule has 0 saturated carbocycles. The quantitative estimate of drug-likeness (QED) is 0.809. The van der Waals surface area contributed by atoms with E-state index in [-0.39, 0.29) is 5.75 Å². The molecule has 0 bridgehead atoms. The number of thiophene rings is 1. The van der Waals surface area contributed by atoms with Crippen molar-refractivity contribution in [3.8, 4) is 0 Å². The number of halogens is 1. The molecule has 2 heterocycles. The van der Waals surface area contributed by atoms with Crippen LogP contribution in [-0.4, -0.2) is 19.2 Å². The Balaban J connectivity index is 2.43. The predicted molar refractivity (Wildman–Crippen MR) is 71.6 cm³/mol. The number of rotatable bonds is 4. The van der Waals surface area contributed by atoms with Crippen LogP contribution in [0, 0.1) is 0 Å². The fourth-order valence-electron chi connectivity index (χ4n) is 1.46. The third-order valence-corrected chi connectivity index (χ3v) is 6.02. The first-order chi connectivity index (χ1) is 8.03. The van der Waals surface area contributed by atoms with Crippen LogP contribution in [0.25, 0.3) is 10.2 Å². The zero-order chi connectivity index (χ0) is 12.5.